The number of amides is 1. The van der Waals surface area contributed by atoms with Crippen LogP contribution in [0.4, 0.5) is 0 Å². The van der Waals surface area contributed by atoms with Crippen molar-refractivity contribution in [1.82, 2.24) is 5.32 Å². The molecular formula is C49H57NO14S. The van der Waals surface area contributed by atoms with Crippen LogP contribution in [0.3, 0.4) is 0 Å². The summed E-state index contributed by atoms with van der Waals surface area (Å²) in [5.74, 6) is -5.77. The number of benzene rings is 3. The Morgan fingerprint density at radius 2 is 1.43 bits per heavy atom. The number of thioether (sulfide) groups is 1. The Morgan fingerprint density at radius 1 is 0.846 bits per heavy atom. The minimum atomic E-state index is -2.24. The molecule has 1 aliphatic heterocycles. The molecule has 13 unspecified atom stereocenters. The van der Waals surface area contributed by atoms with Gasteiger partial charge >= 0.3 is 23.9 Å². The molecule has 13 atom stereocenters. The number of ether oxygens (including phenoxy) is 6. The van der Waals surface area contributed by atoms with Crippen molar-refractivity contribution in [3.8, 4) is 0 Å². The number of esters is 4. The van der Waals surface area contributed by atoms with Gasteiger partial charge in [-0.2, -0.15) is 0 Å². The van der Waals surface area contributed by atoms with E-state index in [0.717, 1.165) is 0 Å². The van der Waals surface area contributed by atoms with Crippen LogP contribution in [0.2, 0.25) is 0 Å². The lowest BCUT2D eigenvalue weighted by Crippen LogP contribution is -2.77. The molecule has 0 radical (unpaired) electrons. The number of fused-ring (bicyclic) bond motifs is 5. The maximum Gasteiger partial charge on any atom is 0.338 e. The molecule has 15 nitrogen and oxygen atoms in total. The number of nitrogens with one attached hydrogen (secondary N) is 1. The van der Waals surface area contributed by atoms with Crippen molar-refractivity contribution < 1.29 is 67.7 Å². The van der Waals surface area contributed by atoms with Gasteiger partial charge in [0.1, 0.15) is 23.9 Å². The van der Waals surface area contributed by atoms with E-state index in [0.29, 0.717) is 11.1 Å². The molecule has 4 aliphatic rings. The van der Waals surface area contributed by atoms with E-state index >= 15 is 0 Å². The van der Waals surface area contributed by atoms with Crippen LogP contribution in [0.1, 0.15) is 86.7 Å². The third kappa shape index (κ3) is 8.84. The zero-order valence-electron chi connectivity index (χ0n) is 37.4. The summed E-state index contributed by atoms with van der Waals surface area (Å²) in [7, 11) is 0. The van der Waals surface area contributed by atoms with Crippen molar-refractivity contribution in [1.29, 1.82) is 0 Å². The summed E-state index contributed by atoms with van der Waals surface area (Å²) in [6.07, 6.45) is -9.27. The highest BCUT2D eigenvalue weighted by atomic mass is 32.2. The molecule has 3 aliphatic carbocycles. The number of carbonyl (C=O) groups excluding carboxylic acids is 5. The molecule has 3 fully saturated rings. The van der Waals surface area contributed by atoms with Gasteiger partial charge in [0.05, 0.1) is 35.7 Å². The van der Waals surface area contributed by atoms with E-state index in [2.05, 4.69) is 5.32 Å². The molecule has 3 aromatic carbocycles. The fourth-order valence-electron chi connectivity index (χ4n) is 10.7. The van der Waals surface area contributed by atoms with E-state index in [-0.39, 0.29) is 29.1 Å². The fourth-order valence-corrected chi connectivity index (χ4v) is 11.0. The van der Waals surface area contributed by atoms with E-state index in [1.165, 1.54) is 25.6 Å². The Balaban J connectivity index is 1.39. The van der Waals surface area contributed by atoms with E-state index in [1.54, 1.807) is 119 Å². The molecular weight excluding hydrogens is 859 g/mol. The number of rotatable bonds is 13. The van der Waals surface area contributed by atoms with Gasteiger partial charge in [-0.25, -0.2) is 9.59 Å². The van der Waals surface area contributed by atoms with E-state index in [1.807, 2.05) is 6.26 Å². The van der Waals surface area contributed by atoms with Crippen molar-refractivity contribution >= 4 is 41.5 Å². The first-order chi connectivity index (χ1) is 30.8. The average Bonchev–Trinajstić information content (AvgIpc) is 3.27. The summed E-state index contributed by atoms with van der Waals surface area (Å²) in [6.45, 7) is 9.09. The minimum absolute atomic E-state index is 0.151. The highest BCUT2D eigenvalue weighted by Crippen LogP contribution is 2.65. The maximum absolute atomic E-state index is 14.4. The maximum atomic E-state index is 14.4. The molecule has 2 bridgehead atoms. The van der Waals surface area contributed by atoms with Crippen LogP contribution in [0, 0.1) is 22.7 Å². The molecule has 2 saturated carbocycles. The molecule has 0 spiro atoms. The highest BCUT2D eigenvalue weighted by Gasteiger charge is 2.74. The van der Waals surface area contributed by atoms with Crippen LogP contribution in [0.5, 0.6) is 0 Å². The predicted molar refractivity (Wildman–Crippen MR) is 236 cm³/mol. The van der Waals surface area contributed by atoms with Gasteiger partial charge in [-0.05, 0) is 54.2 Å². The Labute approximate surface area is 382 Å². The number of hydrogen-bond acceptors (Lipinski definition) is 15. The van der Waals surface area contributed by atoms with Crippen LogP contribution in [-0.2, 0) is 42.8 Å². The van der Waals surface area contributed by atoms with E-state index < -0.39 is 120 Å². The first-order valence-corrected chi connectivity index (χ1v) is 23.0. The lowest BCUT2D eigenvalue weighted by molar-refractivity contribution is -0.370. The largest absolute Gasteiger partial charge is 0.456 e. The zero-order valence-corrected chi connectivity index (χ0v) is 38.2. The van der Waals surface area contributed by atoms with Crippen LogP contribution >= 0.6 is 11.8 Å². The number of carbonyl (C=O) groups is 5. The average molecular weight is 916 g/mol. The van der Waals surface area contributed by atoms with Crippen molar-refractivity contribution in [2.45, 2.75) is 115 Å². The summed E-state index contributed by atoms with van der Waals surface area (Å²) < 4.78 is 37.2. The standard InChI is InChI=1S/C49H57NO14S/c1-26-33(62-45(57)39(53)38(29-17-11-8-12-18-29)50-43(55)30-19-13-9-14-20-30)24-49(58)42(64-44(56)31-21-15-10-16-22-31)37-35-32(63-46(35)61-28(3)52)23-34(59-25-65-7)48(37,6)41(54)40(60-27(2)51)36(26)47(49,4)5/h8-22,32-35,37-42,46,53-54,58H,23-25H2,1-7H3,(H,50,55). The van der Waals surface area contributed by atoms with Gasteiger partial charge in [0.25, 0.3) is 5.91 Å². The third-order valence-corrected chi connectivity index (χ3v) is 14.4. The molecule has 7 rings (SSSR count). The molecule has 3 aromatic rings. The first kappa shape index (κ1) is 47.9. The molecule has 65 heavy (non-hydrogen) atoms. The Morgan fingerprint density at radius 3 is 2.02 bits per heavy atom. The lowest BCUT2D eigenvalue weighted by Gasteiger charge is -2.67. The first-order valence-electron chi connectivity index (χ1n) is 21.6. The van der Waals surface area contributed by atoms with Gasteiger partial charge in [0, 0.05) is 49.0 Å². The van der Waals surface area contributed by atoms with Gasteiger partial charge in [0.15, 0.2) is 12.2 Å². The molecule has 16 heteroatoms. The third-order valence-electron chi connectivity index (χ3n) is 14.0. The Hall–Kier alpha value is -5.10. The monoisotopic (exact) mass is 915 g/mol. The fraction of sp³-hybridized carbons (Fsp3) is 0.490. The smallest absolute Gasteiger partial charge is 0.338 e. The Bertz CT molecular complexity index is 2280. The Kier molecular flexibility index (Phi) is 14.0. The highest BCUT2D eigenvalue weighted by molar-refractivity contribution is 7.98. The van der Waals surface area contributed by atoms with Crippen LogP contribution in [0.25, 0.3) is 0 Å². The number of aliphatic hydroxyl groups is 3. The normalized spacial score (nSPS) is 32.1. The molecule has 0 aromatic heterocycles. The van der Waals surface area contributed by atoms with Crippen LogP contribution in [-0.4, -0.2) is 112 Å². The van der Waals surface area contributed by atoms with Crippen LogP contribution in [0.15, 0.2) is 102 Å². The lowest BCUT2D eigenvalue weighted by atomic mass is 9.45. The summed E-state index contributed by atoms with van der Waals surface area (Å²) in [6, 6.07) is 23.5. The van der Waals surface area contributed by atoms with E-state index in [9.17, 15) is 39.3 Å². The van der Waals surface area contributed by atoms with Crippen molar-refractivity contribution in [2.24, 2.45) is 22.7 Å². The van der Waals surface area contributed by atoms with Crippen molar-refractivity contribution in [2.75, 3.05) is 12.2 Å². The summed E-state index contributed by atoms with van der Waals surface area (Å²) in [5.41, 5.74) is -4.00. The summed E-state index contributed by atoms with van der Waals surface area (Å²) >= 11 is 1.38. The van der Waals surface area contributed by atoms with Gasteiger partial charge in [-0.1, -0.05) is 87.5 Å². The van der Waals surface area contributed by atoms with Gasteiger partial charge in [0.2, 0.25) is 6.29 Å². The second-order valence-electron chi connectivity index (χ2n) is 18.0. The van der Waals surface area contributed by atoms with Gasteiger partial charge in [-0.15, -0.1) is 11.8 Å². The second-order valence-corrected chi connectivity index (χ2v) is 18.8. The van der Waals surface area contributed by atoms with Crippen molar-refractivity contribution in [3.05, 3.63) is 119 Å². The summed E-state index contributed by atoms with van der Waals surface area (Å²) in [4.78, 5) is 68.1. The molecule has 1 amide bonds. The summed E-state index contributed by atoms with van der Waals surface area (Å²) in [5, 5.41) is 41.6. The zero-order chi connectivity index (χ0) is 47.0. The van der Waals surface area contributed by atoms with Crippen molar-refractivity contribution in [3.63, 3.8) is 0 Å². The van der Waals surface area contributed by atoms with Crippen LogP contribution < -0.4 is 5.32 Å². The second kappa shape index (κ2) is 19.0. The number of aliphatic hydroxyl groups excluding tert-OH is 2. The molecule has 1 saturated heterocycles. The van der Waals surface area contributed by atoms with Gasteiger partial charge in [-0.3, -0.25) is 14.4 Å². The predicted octanol–water partition coefficient (Wildman–Crippen LogP) is 5.08. The molecule has 1 heterocycles. The minimum Gasteiger partial charge on any atom is -0.456 e. The molecule has 4 N–H and O–H groups in total. The van der Waals surface area contributed by atoms with E-state index in [4.69, 9.17) is 28.4 Å². The number of hydrogen-bond donors (Lipinski definition) is 4. The topological polar surface area (TPSA) is 213 Å². The SMILES string of the molecule is CSCOC1CC2OC(OC(C)=O)C2C2C(OC(=O)c3ccccc3)C3(O)CC(OC(=O)C(O)C(NC(=O)c4ccccc4)c4ccccc4)C(C)=C(C(OC(C)=O)C(O)C12C)C3(C)C. The quantitative estimate of drug-likeness (QED) is 0.0763. The molecule has 348 valence electrons. The van der Waals surface area contributed by atoms with Gasteiger partial charge < -0.3 is 49.1 Å².